The van der Waals surface area contributed by atoms with Gasteiger partial charge in [0.15, 0.2) is 5.82 Å². The van der Waals surface area contributed by atoms with Gasteiger partial charge in [-0.2, -0.15) is 13.2 Å². The lowest BCUT2D eigenvalue weighted by atomic mass is 9.79. The number of anilines is 1. The highest BCUT2D eigenvalue weighted by Crippen LogP contribution is 2.42. The number of nitrogens with one attached hydrogen (secondary N) is 3. The number of hydrogen-bond acceptors (Lipinski definition) is 7. The summed E-state index contributed by atoms with van der Waals surface area (Å²) in [5, 5.41) is 8.19. The summed E-state index contributed by atoms with van der Waals surface area (Å²) in [6.07, 6.45) is 4.68. The van der Waals surface area contributed by atoms with Crippen molar-refractivity contribution in [1.29, 1.82) is 0 Å². The molecule has 0 aromatic carbocycles. The molecule has 1 saturated carbocycles. The molecule has 4 aromatic rings. The van der Waals surface area contributed by atoms with Gasteiger partial charge in [-0.25, -0.2) is 15.0 Å². The fourth-order valence-electron chi connectivity index (χ4n) is 5.16. The second kappa shape index (κ2) is 8.97. The van der Waals surface area contributed by atoms with Crippen LogP contribution < -0.4 is 10.6 Å². The summed E-state index contributed by atoms with van der Waals surface area (Å²) in [4.78, 5) is 20.6. The van der Waals surface area contributed by atoms with Gasteiger partial charge < -0.3 is 20.4 Å². The lowest BCUT2D eigenvalue weighted by Crippen LogP contribution is -2.48. The Balaban J connectivity index is 1.52. The lowest BCUT2D eigenvalue weighted by Gasteiger charge is -2.33. The zero-order chi connectivity index (χ0) is 24.9. The molecular weight excluding hydrogens is 471 g/mol. The molecule has 5 heterocycles. The molecule has 3 N–H and O–H groups in total. The van der Waals surface area contributed by atoms with E-state index in [2.05, 4.69) is 25.6 Å². The Morgan fingerprint density at radius 3 is 2.75 bits per heavy atom. The Kier molecular flexibility index (Phi) is 5.76. The molecule has 1 aliphatic carbocycles. The van der Waals surface area contributed by atoms with Crippen molar-refractivity contribution < 1.29 is 17.9 Å². The SMILES string of the molecule is CO[C@@H]1CNCC[C@@H]1Nc1nc(-c2ccnc3[nH]c(C(F)(F)F)cc23)nc2cncc(C3CCC3)c12. The highest BCUT2D eigenvalue weighted by atomic mass is 19.4. The number of nitrogens with zero attached hydrogens (tertiary/aromatic N) is 4. The third-order valence-corrected chi connectivity index (χ3v) is 7.31. The first-order valence-corrected chi connectivity index (χ1v) is 12.1. The molecular formula is C25H26F3N7O. The second-order valence-corrected chi connectivity index (χ2v) is 9.47. The topological polar surface area (TPSA) is 101 Å². The van der Waals surface area contributed by atoms with E-state index in [4.69, 9.17) is 14.7 Å². The Morgan fingerprint density at radius 1 is 1.14 bits per heavy atom. The average molecular weight is 498 g/mol. The van der Waals surface area contributed by atoms with Crippen LogP contribution in [-0.2, 0) is 10.9 Å². The Hall–Kier alpha value is -3.31. The molecule has 8 nitrogen and oxygen atoms in total. The Labute approximate surface area is 205 Å². The van der Waals surface area contributed by atoms with Crippen molar-refractivity contribution in [1.82, 2.24) is 30.2 Å². The third-order valence-electron chi connectivity index (χ3n) is 7.31. The number of alkyl halides is 3. The average Bonchev–Trinajstić information content (AvgIpc) is 3.28. The quantitative estimate of drug-likeness (QED) is 0.369. The highest BCUT2D eigenvalue weighted by molar-refractivity contribution is 5.97. The van der Waals surface area contributed by atoms with E-state index >= 15 is 0 Å². The number of fused-ring (bicyclic) bond motifs is 2. The van der Waals surface area contributed by atoms with Gasteiger partial charge in [-0.1, -0.05) is 6.42 Å². The monoisotopic (exact) mass is 497 g/mol. The summed E-state index contributed by atoms with van der Waals surface area (Å²) < 4.78 is 45.9. The number of ether oxygens (including phenoxy) is 1. The maximum Gasteiger partial charge on any atom is 0.431 e. The van der Waals surface area contributed by atoms with Gasteiger partial charge in [-0.3, -0.25) is 4.98 Å². The molecule has 4 aromatic heterocycles. The van der Waals surface area contributed by atoms with E-state index in [9.17, 15) is 13.2 Å². The first kappa shape index (κ1) is 23.1. The van der Waals surface area contributed by atoms with Crippen LogP contribution >= 0.6 is 0 Å². The number of halogens is 3. The molecule has 2 atom stereocenters. The van der Waals surface area contributed by atoms with Crippen LogP contribution in [0.5, 0.6) is 0 Å². The molecule has 0 spiro atoms. The number of aromatic nitrogens is 5. The van der Waals surface area contributed by atoms with Gasteiger partial charge in [0.1, 0.15) is 17.2 Å². The van der Waals surface area contributed by atoms with E-state index < -0.39 is 11.9 Å². The minimum Gasteiger partial charge on any atom is -0.378 e. The van der Waals surface area contributed by atoms with E-state index in [-0.39, 0.29) is 17.8 Å². The minimum atomic E-state index is -4.51. The fraction of sp³-hybridized carbons (Fsp3) is 0.440. The standard InChI is InChI=1S/C25H26F3N7O/c1-36-19-12-29-7-6-17(19)32-24-21-16(13-3-2-4-13)10-30-11-18(21)33-23(35-24)14-5-8-31-22-15(14)9-20(34-22)25(26,27)28/h5,8-11,13,17,19,29H,2-4,6-7,12H2,1H3,(H,31,34)(H,32,33,35)/t17-,19+/m0/s1. The molecule has 0 radical (unpaired) electrons. The molecule has 0 unspecified atom stereocenters. The van der Waals surface area contributed by atoms with E-state index in [1.54, 1.807) is 19.4 Å². The van der Waals surface area contributed by atoms with Crippen LogP contribution in [0, 0.1) is 0 Å². The van der Waals surface area contributed by atoms with Crippen molar-refractivity contribution in [2.24, 2.45) is 0 Å². The van der Waals surface area contributed by atoms with E-state index in [1.165, 1.54) is 12.6 Å². The first-order valence-electron chi connectivity index (χ1n) is 12.1. The highest BCUT2D eigenvalue weighted by Gasteiger charge is 2.34. The van der Waals surface area contributed by atoms with Crippen molar-refractivity contribution >= 4 is 27.8 Å². The van der Waals surface area contributed by atoms with Crippen LogP contribution in [0.4, 0.5) is 19.0 Å². The van der Waals surface area contributed by atoms with Gasteiger partial charge in [0.25, 0.3) is 0 Å². The van der Waals surface area contributed by atoms with Gasteiger partial charge >= 0.3 is 6.18 Å². The lowest BCUT2D eigenvalue weighted by molar-refractivity contribution is -0.140. The third kappa shape index (κ3) is 4.05. The van der Waals surface area contributed by atoms with Crippen LogP contribution in [0.2, 0.25) is 0 Å². The van der Waals surface area contributed by atoms with E-state index in [1.807, 2.05) is 6.20 Å². The van der Waals surface area contributed by atoms with Gasteiger partial charge in [0.2, 0.25) is 0 Å². The summed E-state index contributed by atoms with van der Waals surface area (Å²) in [6, 6.07) is 2.73. The number of hydrogen-bond donors (Lipinski definition) is 3. The minimum absolute atomic E-state index is 0.0196. The maximum atomic E-state index is 13.4. The van der Waals surface area contributed by atoms with Crippen molar-refractivity contribution in [3.63, 3.8) is 0 Å². The number of rotatable bonds is 5. The number of methoxy groups -OCH3 is 1. The molecule has 11 heteroatoms. The van der Waals surface area contributed by atoms with Crippen LogP contribution in [0.15, 0.2) is 30.7 Å². The molecule has 188 valence electrons. The second-order valence-electron chi connectivity index (χ2n) is 9.47. The number of pyridine rings is 2. The number of piperidine rings is 1. The molecule has 2 aliphatic rings. The first-order chi connectivity index (χ1) is 17.4. The Morgan fingerprint density at radius 2 is 2.00 bits per heavy atom. The van der Waals surface area contributed by atoms with Crippen LogP contribution in [0.25, 0.3) is 33.3 Å². The zero-order valence-electron chi connectivity index (χ0n) is 19.7. The molecule has 0 bridgehead atoms. The van der Waals surface area contributed by atoms with Crippen LogP contribution in [0.3, 0.4) is 0 Å². The normalized spacial score (nSPS) is 21.1. The van der Waals surface area contributed by atoms with Gasteiger partial charge in [0, 0.05) is 42.4 Å². The summed E-state index contributed by atoms with van der Waals surface area (Å²) in [5.74, 6) is 1.37. The number of aromatic amines is 1. The van der Waals surface area contributed by atoms with Crippen molar-refractivity contribution in [3.05, 3.63) is 42.0 Å². The van der Waals surface area contributed by atoms with E-state index in [0.29, 0.717) is 34.0 Å². The van der Waals surface area contributed by atoms with Crippen LogP contribution in [-0.4, -0.2) is 57.3 Å². The molecule has 2 fully saturated rings. The van der Waals surface area contributed by atoms with Crippen molar-refractivity contribution in [2.75, 3.05) is 25.5 Å². The summed E-state index contributed by atoms with van der Waals surface area (Å²) in [5.41, 5.74) is 1.52. The summed E-state index contributed by atoms with van der Waals surface area (Å²) >= 11 is 0. The molecule has 36 heavy (non-hydrogen) atoms. The largest absolute Gasteiger partial charge is 0.431 e. The van der Waals surface area contributed by atoms with E-state index in [0.717, 1.165) is 49.4 Å². The molecule has 1 saturated heterocycles. The zero-order valence-corrected chi connectivity index (χ0v) is 19.7. The summed E-state index contributed by atoms with van der Waals surface area (Å²) in [7, 11) is 1.69. The smallest absolute Gasteiger partial charge is 0.378 e. The Bertz CT molecular complexity index is 1420. The van der Waals surface area contributed by atoms with Gasteiger partial charge in [0.05, 0.1) is 23.9 Å². The number of H-pyrrole nitrogens is 1. The molecule has 1 aliphatic heterocycles. The van der Waals surface area contributed by atoms with Crippen LogP contribution in [0.1, 0.15) is 42.9 Å². The maximum absolute atomic E-state index is 13.4. The van der Waals surface area contributed by atoms with Gasteiger partial charge in [-0.15, -0.1) is 0 Å². The predicted octanol–water partition coefficient (Wildman–Crippen LogP) is 4.64. The van der Waals surface area contributed by atoms with Crippen molar-refractivity contribution in [2.45, 2.75) is 49.9 Å². The van der Waals surface area contributed by atoms with Crippen molar-refractivity contribution in [3.8, 4) is 11.4 Å². The predicted molar refractivity (Wildman–Crippen MR) is 130 cm³/mol. The fourth-order valence-corrected chi connectivity index (χ4v) is 5.16. The molecule has 0 amide bonds. The molecule has 6 rings (SSSR count). The van der Waals surface area contributed by atoms with Gasteiger partial charge in [-0.05, 0) is 49.4 Å². The summed E-state index contributed by atoms with van der Waals surface area (Å²) in [6.45, 7) is 1.56.